The summed E-state index contributed by atoms with van der Waals surface area (Å²) in [7, 11) is 0. The lowest BCUT2D eigenvalue weighted by atomic mass is 10.2. The molecule has 2 heterocycles. The summed E-state index contributed by atoms with van der Waals surface area (Å²) in [6, 6.07) is 10.9. The van der Waals surface area contributed by atoms with Crippen molar-refractivity contribution in [2.75, 3.05) is 5.32 Å². The van der Waals surface area contributed by atoms with Crippen LogP contribution in [0.3, 0.4) is 0 Å². The van der Waals surface area contributed by atoms with Crippen molar-refractivity contribution in [3.8, 4) is 6.07 Å². The first kappa shape index (κ1) is 20.1. The molecule has 8 heteroatoms. The quantitative estimate of drug-likeness (QED) is 0.478. The summed E-state index contributed by atoms with van der Waals surface area (Å²) < 4.78 is 1.67. The van der Waals surface area contributed by atoms with Gasteiger partial charge in [0.2, 0.25) is 5.91 Å². The monoisotopic (exact) mass is 412 g/mol. The van der Waals surface area contributed by atoms with Gasteiger partial charge in [-0.25, -0.2) is 4.98 Å². The normalized spacial score (nSPS) is 13.1. The molecule has 3 rings (SSSR count). The molecule has 3 aromatic rings. The van der Waals surface area contributed by atoms with E-state index in [1.54, 1.807) is 35.1 Å². The number of thiophene rings is 1. The Balaban J connectivity index is 1.93. The third-order valence-corrected chi connectivity index (χ3v) is 6.38. The Hall–Kier alpha value is -2.63. The number of nitriles is 1. The number of benzene rings is 1. The summed E-state index contributed by atoms with van der Waals surface area (Å²) in [5.74, 6) is -0.234. The van der Waals surface area contributed by atoms with Gasteiger partial charge in [-0.2, -0.15) is 5.26 Å². The van der Waals surface area contributed by atoms with Gasteiger partial charge in [0.25, 0.3) is 5.56 Å². The molecule has 2 aromatic heterocycles. The Morgan fingerprint density at radius 1 is 1.36 bits per heavy atom. The van der Waals surface area contributed by atoms with E-state index in [0.717, 1.165) is 6.42 Å². The van der Waals surface area contributed by atoms with Gasteiger partial charge in [0.05, 0.1) is 21.7 Å². The van der Waals surface area contributed by atoms with Crippen molar-refractivity contribution in [3.05, 3.63) is 51.6 Å². The average Bonchev–Trinajstić information content (AvgIpc) is 3.14. The fourth-order valence-corrected chi connectivity index (χ4v) is 4.45. The highest BCUT2D eigenvalue weighted by Crippen LogP contribution is 2.28. The van der Waals surface area contributed by atoms with E-state index < -0.39 is 5.25 Å². The molecule has 1 amide bonds. The Kier molecular flexibility index (Phi) is 6.17. The molecule has 0 saturated heterocycles. The highest BCUT2D eigenvalue weighted by Gasteiger charge is 2.22. The maximum absolute atomic E-state index is 13.0. The zero-order chi connectivity index (χ0) is 20.3. The van der Waals surface area contributed by atoms with Gasteiger partial charge in [-0.3, -0.25) is 14.2 Å². The average molecular weight is 413 g/mol. The molecule has 144 valence electrons. The number of fused-ring (bicyclic) bond motifs is 1. The number of nitrogens with zero attached hydrogens (tertiary/aromatic N) is 3. The summed E-state index contributed by atoms with van der Waals surface area (Å²) in [6.07, 6.45) is 0.773. The van der Waals surface area contributed by atoms with Gasteiger partial charge in [0, 0.05) is 6.04 Å². The summed E-state index contributed by atoms with van der Waals surface area (Å²) in [6.45, 7) is 5.75. The van der Waals surface area contributed by atoms with Crippen LogP contribution in [0.1, 0.15) is 38.8 Å². The van der Waals surface area contributed by atoms with Crippen molar-refractivity contribution in [2.24, 2.45) is 0 Å². The fraction of sp³-hybridized carbons (Fsp3) is 0.300. The van der Waals surface area contributed by atoms with E-state index >= 15 is 0 Å². The van der Waals surface area contributed by atoms with E-state index in [0.29, 0.717) is 26.6 Å². The summed E-state index contributed by atoms with van der Waals surface area (Å²) >= 11 is 2.56. The van der Waals surface area contributed by atoms with E-state index in [-0.39, 0.29) is 17.5 Å². The number of amides is 1. The molecule has 0 aliphatic rings. The van der Waals surface area contributed by atoms with E-state index in [1.165, 1.54) is 23.1 Å². The SMILES string of the molecule is CC[C@@H](C)n1c(S[C@@H](C)C(=O)Nc2sccc2C#N)nc2ccccc2c1=O. The molecular weight excluding hydrogens is 392 g/mol. The van der Waals surface area contributed by atoms with Gasteiger partial charge < -0.3 is 5.32 Å². The van der Waals surface area contributed by atoms with Crippen LogP contribution in [0.15, 0.2) is 45.7 Å². The number of carbonyl (C=O) groups excluding carboxylic acids is 1. The molecule has 0 fully saturated rings. The lowest BCUT2D eigenvalue weighted by Crippen LogP contribution is -2.28. The molecule has 0 radical (unpaired) electrons. The van der Waals surface area contributed by atoms with E-state index in [1.807, 2.05) is 26.0 Å². The molecular formula is C20H20N4O2S2. The number of rotatable bonds is 6. The smallest absolute Gasteiger partial charge is 0.262 e. The number of nitrogens with one attached hydrogen (secondary N) is 1. The van der Waals surface area contributed by atoms with Crippen LogP contribution in [-0.4, -0.2) is 20.7 Å². The zero-order valence-electron chi connectivity index (χ0n) is 15.8. The van der Waals surface area contributed by atoms with E-state index in [2.05, 4.69) is 16.4 Å². The second-order valence-electron chi connectivity index (χ2n) is 6.37. The predicted molar refractivity (Wildman–Crippen MR) is 114 cm³/mol. The maximum atomic E-state index is 13.0. The molecule has 6 nitrogen and oxygen atoms in total. The van der Waals surface area contributed by atoms with Crippen LogP contribution in [0.25, 0.3) is 10.9 Å². The fourth-order valence-electron chi connectivity index (χ4n) is 2.70. The molecule has 0 bridgehead atoms. The first-order chi connectivity index (χ1) is 13.5. The largest absolute Gasteiger partial charge is 0.316 e. The van der Waals surface area contributed by atoms with Gasteiger partial charge in [-0.15, -0.1) is 11.3 Å². The Bertz CT molecular complexity index is 1110. The van der Waals surface area contributed by atoms with Crippen molar-refractivity contribution in [1.29, 1.82) is 5.26 Å². The third-order valence-electron chi connectivity index (χ3n) is 4.48. The van der Waals surface area contributed by atoms with Crippen LogP contribution < -0.4 is 10.9 Å². The molecule has 1 aromatic carbocycles. The van der Waals surface area contributed by atoms with Crippen LogP contribution in [0.5, 0.6) is 0 Å². The van der Waals surface area contributed by atoms with Gasteiger partial charge in [0.15, 0.2) is 5.16 Å². The number of hydrogen-bond acceptors (Lipinski definition) is 6. The molecule has 2 atom stereocenters. The number of hydrogen-bond donors (Lipinski definition) is 1. The minimum Gasteiger partial charge on any atom is -0.316 e. The molecule has 0 spiro atoms. The Morgan fingerprint density at radius 2 is 2.11 bits per heavy atom. The second-order valence-corrected chi connectivity index (χ2v) is 8.59. The lowest BCUT2D eigenvalue weighted by molar-refractivity contribution is -0.115. The number of para-hydroxylation sites is 1. The highest BCUT2D eigenvalue weighted by molar-refractivity contribution is 8.00. The molecule has 1 N–H and O–H groups in total. The van der Waals surface area contributed by atoms with Crippen molar-refractivity contribution in [2.45, 2.75) is 43.6 Å². The van der Waals surface area contributed by atoms with E-state index in [4.69, 9.17) is 5.26 Å². The van der Waals surface area contributed by atoms with Crippen molar-refractivity contribution in [1.82, 2.24) is 9.55 Å². The second kappa shape index (κ2) is 8.59. The molecule has 0 aliphatic heterocycles. The van der Waals surface area contributed by atoms with Crippen LogP contribution >= 0.6 is 23.1 Å². The first-order valence-corrected chi connectivity index (χ1v) is 10.7. The van der Waals surface area contributed by atoms with Gasteiger partial charge in [-0.1, -0.05) is 30.8 Å². The summed E-state index contributed by atoms with van der Waals surface area (Å²) in [4.78, 5) is 30.3. The van der Waals surface area contributed by atoms with Crippen LogP contribution in [0.2, 0.25) is 0 Å². The number of anilines is 1. The highest BCUT2D eigenvalue weighted by atomic mass is 32.2. The maximum Gasteiger partial charge on any atom is 0.262 e. The topological polar surface area (TPSA) is 87.8 Å². The van der Waals surface area contributed by atoms with Crippen molar-refractivity contribution < 1.29 is 4.79 Å². The number of aromatic nitrogens is 2. The minimum atomic E-state index is -0.489. The zero-order valence-corrected chi connectivity index (χ0v) is 17.4. The summed E-state index contributed by atoms with van der Waals surface area (Å²) in [5.41, 5.74) is 0.961. The number of carbonyl (C=O) groups is 1. The van der Waals surface area contributed by atoms with Gasteiger partial charge in [0.1, 0.15) is 11.1 Å². The van der Waals surface area contributed by atoms with Crippen LogP contribution in [0.4, 0.5) is 5.00 Å². The van der Waals surface area contributed by atoms with Gasteiger partial charge >= 0.3 is 0 Å². The van der Waals surface area contributed by atoms with Gasteiger partial charge in [-0.05, 0) is 43.8 Å². The van der Waals surface area contributed by atoms with E-state index in [9.17, 15) is 9.59 Å². The van der Waals surface area contributed by atoms with Crippen molar-refractivity contribution >= 4 is 44.9 Å². The standard InChI is InChI=1S/C20H20N4O2S2/c1-4-12(2)24-19(26)15-7-5-6-8-16(15)22-20(24)28-13(3)17(25)23-18-14(11-21)9-10-27-18/h5-10,12-13H,4H2,1-3H3,(H,23,25)/t12-,13+/m1/s1. The molecule has 0 aliphatic carbocycles. The van der Waals surface area contributed by atoms with Crippen LogP contribution in [0, 0.1) is 11.3 Å². The molecule has 0 unspecified atom stereocenters. The molecule has 0 saturated carbocycles. The Labute approximate surface area is 171 Å². The predicted octanol–water partition coefficient (Wildman–Crippen LogP) is 4.42. The van der Waals surface area contributed by atoms with Crippen molar-refractivity contribution in [3.63, 3.8) is 0 Å². The summed E-state index contributed by atoms with van der Waals surface area (Å²) in [5, 5.41) is 14.8. The Morgan fingerprint density at radius 3 is 2.82 bits per heavy atom. The van der Waals surface area contributed by atoms with Crippen LogP contribution in [-0.2, 0) is 4.79 Å². The molecule has 28 heavy (non-hydrogen) atoms. The third kappa shape index (κ3) is 3.96. The first-order valence-electron chi connectivity index (χ1n) is 8.92. The lowest BCUT2D eigenvalue weighted by Gasteiger charge is -2.20. The minimum absolute atomic E-state index is 0.0372. The number of thioether (sulfide) groups is 1.